The molecule has 1 aliphatic heterocycles. The van der Waals surface area contributed by atoms with E-state index in [2.05, 4.69) is 38.7 Å². The van der Waals surface area contributed by atoms with Crippen LogP contribution >= 0.6 is 23.2 Å². The van der Waals surface area contributed by atoms with Gasteiger partial charge in [0.15, 0.2) is 0 Å². The van der Waals surface area contributed by atoms with Crippen LogP contribution in [0, 0.1) is 17.3 Å². The number of hydrogen-bond acceptors (Lipinski definition) is 2. The minimum Gasteiger partial charge on any atom is -0.331 e. The van der Waals surface area contributed by atoms with Crippen LogP contribution in [0.15, 0.2) is 48.5 Å². The standard InChI is InChI=1S/C29H37Cl2NO2/c1-19(2)9-14-26(20(3)4)32-27(21-10-12-23(30)13-11-21)25(22-7-6-8-24(31)17-22)18-29(5,15-16-33)28(32)34/h6-8,10-13,16-17,19-20,25-27H,9,14-15,18H2,1-5H3/t25-,26-,27?,29+/m1/s1. The van der Waals surface area contributed by atoms with Crippen molar-refractivity contribution in [2.45, 2.75) is 78.3 Å². The Hall–Kier alpha value is -1.84. The molecular weight excluding hydrogens is 465 g/mol. The largest absolute Gasteiger partial charge is 0.331 e. The number of nitrogens with zero attached hydrogens (tertiary/aromatic N) is 1. The molecule has 5 heteroatoms. The van der Waals surface area contributed by atoms with Crippen molar-refractivity contribution >= 4 is 35.4 Å². The molecule has 1 heterocycles. The first-order valence-corrected chi connectivity index (χ1v) is 13.1. The summed E-state index contributed by atoms with van der Waals surface area (Å²) in [4.78, 5) is 28.1. The van der Waals surface area contributed by atoms with E-state index < -0.39 is 5.41 Å². The number of halogens is 2. The zero-order valence-electron chi connectivity index (χ0n) is 20.9. The Morgan fingerprint density at radius 1 is 1.00 bits per heavy atom. The van der Waals surface area contributed by atoms with Crippen molar-refractivity contribution < 1.29 is 9.59 Å². The molecule has 1 unspecified atom stereocenters. The van der Waals surface area contributed by atoms with Crippen molar-refractivity contribution in [1.82, 2.24) is 4.90 Å². The van der Waals surface area contributed by atoms with Gasteiger partial charge in [0.05, 0.1) is 11.5 Å². The van der Waals surface area contributed by atoms with Crippen molar-refractivity contribution in [3.05, 3.63) is 69.7 Å². The summed E-state index contributed by atoms with van der Waals surface area (Å²) in [5.74, 6) is 0.888. The summed E-state index contributed by atoms with van der Waals surface area (Å²) in [7, 11) is 0. The van der Waals surface area contributed by atoms with Crippen molar-refractivity contribution in [1.29, 1.82) is 0 Å². The Morgan fingerprint density at radius 3 is 2.24 bits per heavy atom. The van der Waals surface area contributed by atoms with Crippen LogP contribution in [0.1, 0.15) is 83.4 Å². The second-order valence-corrected chi connectivity index (χ2v) is 11.7. The monoisotopic (exact) mass is 501 g/mol. The predicted molar refractivity (Wildman–Crippen MR) is 141 cm³/mol. The van der Waals surface area contributed by atoms with Crippen LogP contribution in [0.3, 0.4) is 0 Å². The van der Waals surface area contributed by atoms with Gasteiger partial charge in [-0.1, -0.05) is 82.1 Å². The molecule has 0 radical (unpaired) electrons. The van der Waals surface area contributed by atoms with Gasteiger partial charge in [0.2, 0.25) is 5.91 Å². The third-order valence-corrected chi connectivity index (χ3v) is 7.78. The van der Waals surface area contributed by atoms with Gasteiger partial charge in [-0.15, -0.1) is 0 Å². The molecule has 1 aliphatic rings. The van der Waals surface area contributed by atoms with E-state index in [0.29, 0.717) is 22.4 Å². The van der Waals surface area contributed by atoms with E-state index in [-0.39, 0.29) is 36.2 Å². The molecule has 0 aliphatic carbocycles. The van der Waals surface area contributed by atoms with E-state index >= 15 is 0 Å². The predicted octanol–water partition coefficient (Wildman–Crippen LogP) is 8.11. The zero-order chi connectivity index (χ0) is 25.0. The maximum Gasteiger partial charge on any atom is 0.229 e. The van der Waals surface area contributed by atoms with Gasteiger partial charge < -0.3 is 9.69 Å². The summed E-state index contributed by atoms with van der Waals surface area (Å²) in [6.07, 6.45) is 3.65. The summed E-state index contributed by atoms with van der Waals surface area (Å²) in [6.45, 7) is 10.8. The maximum absolute atomic E-state index is 14.2. The number of amides is 1. The van der Waals surface area contributed by atoms with Crippen LogP contribution in [0.4, 0.5) is 0 Å². The molecule has 3 rings (SSSR count). The van der Waals surface area contributed by atoms with E-state index in [9.17, 15) is 9.59 Å². The molecule has 2 aromatic carbocycles. The number of carbonyl (C=O) groups excluding carboxylic acids is 2. The summed E-state index contributed by atoms with van der Waals surface area (Å²) < 4.78 is 0. The summed E-state index contributed by atoms with van der Waals surface area (Å²) in [5, 5.41) is 1.34. The van der Waals surface area contributed by atoms with Gasteiger partial charge in [-0.2, -0.15) is 0 Å². The Kier molecular flexibility index (Phi) is 8.87. The van der Waals surface area contributed by atoms with Gasteiger partial charge in [0, 0.05) is 28.4 Å². The molecule has 3 nitrogen and oxygen atoms in total. The molecule has 1 amide bonds. The molecule has 0 saturated carbocycles. The van der Waals surface area contributed by atoms with Gasteiger partial charge >= 0.3 is 0 Å². The minimum absolute atomic E-state index is 0.00262. The number of hydrogen-bond donors (Lipinski definition) is 0. The van der Waals surface area contributed by atoms with Gasteiger partial charge in [-0.25, -0.2) is 0 Å². The topological polar surface area (TPSA) is 37.4 Å². The fraction of sp³-hybridized carbons (Fsp3) is 0.517. The highest BCUT2D eigenvalue weighted by Gasteiger charge is 2.51. The Bertz CT molecular complexity index is 988. The summed E-state index contributed by atoms with van der Waals surface area (Å²) >= 11 is 12.7. The van der Waals surface area contributed by atoms with Crippen molar-refractivity contribution in [2.24, 2.45) is 17.3 Å². The molecule has 0 N–H and O–H groups in total. The average Bonchev–Trinajstić information content (AvgIpc) is 2.77. The Morgan fingerprint density at radius 2 is 1.68 bits per heavy atom. The van der Waals surface area contributed by atoms with E-state index in [4.69, 9.17) is 23.2 Å². The molecule has 1 saturated heterocycles. The van der Waals surface area contributed by atoms with Gasteiger partial charge in [0.25, 0.3) is 0 Å². The van der Waals surface area contributed by atoms with Gasteiger partial charge in [0.1, 0.15) is 6.29 Å². The van der Waals surface area contributed by atoms with E-state index in [1.165, 1.54) is 0 Å². The lowest BCUT2D eigenvalue weighted by molar-refractivity contribution is -0.157. The SMILES string of the molecule is CC(C)CC[C@H](C(C)C)N1C(=O)[C@@](C)(CC=O)C[C@H](c2cccc(Cl)c2)C1c1ccc(Cl)cc1. The number of carbonyl (C=O) groups is 2. The molecule has 184 valence electrons. The van der Waals surface area contributed by atoms with Gasteiger partial charge in [-0.05, 0) is 66.5 Å². The van der Waals surface area contributed by atoms with Crippen LogP contribution in [-0.2, 0) is 9.59 Å². The quantitative estimate of drug-likeness (QED) is 0.325. The Balaban J connectivity index is 2.22. The fourth-order valence-electron chi connectivity index (χ4n) is 5.42. The number of aldehydes is 1. The molecule has 0 spiro atoms. The average molecular weight is 503 g/mol. The van der Waals surface area contributed by atoms with E-state index in [0.717, 1.165) is 30.3 Å². The number of piperidine rings is 1. The highest BCUT2D eigenvalue weighted by molar-refractivity contribution is 6.30. The molecule has 4 atom stereocenters. The lowest BCUT2D eigenvalue weighted by Gasteiger charge is -2.53. The van der Waals surface area contributed by atoms with Crippen LogP contribution in [0.5, 0.6) is 0 Å². The summed E-state index contributed by atoms with van der Waals surface area (Å²) in [5.41, 5.74) is 1.39. The second-order valence-electron chi connectivity index (χ2n) is 10.8. The lowest BCUT2D eigenvalue weighted by atomic mass is 9.66. The van der Waals surface area contributed by atoms with Crippen molar-refractivity contribution in [3.63, 3.8) is 0 Å². The van der Waals surface area contributed by atoms with E-state index in [1.54, 1.807) is 0 Å². The number of benzene rings is 2. The molecule has 0 bridgehead atoms. The van der Waals surface area contributed by atoms with Crippen LogP contribution < -0.4 is 0 Å². The zero-order valence-corrected chi connectivity index (χ0v) is 22.4. The number of likely N-dealkylation sites (tertiary alicyclic amines) is 1. The van der Waals surface area contributed by atoms with Gasteiger partial charge in [-0.3, -0.25) is 4.79 Å². The first-order valence-electron chi connectivity index (χ1n) is 12.3. The van der Waals surface area contributed by atoms with Crippen molar-refractivity contribution in [2.75, 3.05) is 0 Å². The molecule has 0 aromatic heterocycles. The van der Waals surface area contributed by atoms with Crippen LogP contribution in [-0.4, -0.2) is 23.1 Å². The fourth-order valence-corrected chi connectivity index (χ4v) is 5.74. The molecule has 2 aromatic rings. The lowest BCUT2D eigenvalue weighted by Crippen LogP contribution is -2.57. The molecule has 1 fully saturated rings. The maximum atomic E-state index is 14.2. The first-order chi connectivity index (χ1) is 16.1. The van der Waals surface area contributed by atoms with Crippen molar-refractivity contribution in [3.8, 4) is 0 Å². The molecule has 34 heavy (non-hydrogen) atoms. The third kappa shape index (κ3) is 5.86. The highest BCUT2D eigenvalue weighted by Crippen LogP contribution is 2.52. The molecular formula is C29H37Cl2NO2. The summed E-state index contributed by atoms with van der Waals surface area (Å²) in [6, 6.07) is 15.7. The third-order valence-electron chi connectivity index (χ3n) is 7.29. The number of rotatable bonds is 9. The van der Waals surface area contributed by atoms with E-state index in [1.807, 2.05) is 49.4 Å². The normalized spacial score (nSPS) is 24.0. The van der Waals surface area contributed by atoms with Crippen LogP contribution in [0.2, 0.25) is 10.0 Å². The smallest absolute Gasteiger partial charge is 0.229 e. The Labute approximate surface area is 214 Å². The minimum atomic E-state index is -0.761. The van der Waals surface area contributed by atoms with Crippen LogP contribution in [0.25, 0.3) is 0 Å². The highest BCUT2D eigenvalue weighted by atomic mass is 35.5. The first kappa shape index (κ1) is 26.8. The second kappa shape index (κ2) is 11.3.